The minimum atomic E-state index is -2.47. The molecule has 3 heterocycles. The van der Waals surface area contributed by atoms with Crippen LogP contribution in [0.3, 0.4) is 0 Å². The molecule has 10 heteroatoms. The molecule has 0 spiro atoms. The van der Waals surface area contributed by atoms with Crippen LogP contribution < -0.4 is 10.1 Å². The number of allylic oxidation sites excluding steroid dienone is 5. The third kappa shape index (κ3) is 3.72. The minimum absolute atomic E-state index is 0.126. The first kappa shape index (κ1) is 26.3. The first-order valence-corrected chi connectivity index (χ1v) is 16.2. The summed E-state index contributed by atoms with van der Waals surface area (Å²) in [4.78, 5) is 27.0. The normalized spacial score (nSPS) is 18.9. The van der Waals surface area contributed by atoms with Crippen molar-refractivity contribution >= 4 is 42.2 Å². The van der Waals surface area contributed by atoms with E-state index in [1.165, 1.54) is 0 Å². The number of carbonyl (C=O) groups excluding carboxylic acids is 1. The fourth-order valence-corrected chi connectivity index (χ4v) is 9.08. The Labute approximate surface area is 230 Å². The monoisotopic (exact) mass is 565 g/mol. The molecule has 1 aliphatic carbocycles. The van der Waals surface area contributed by atoms with Crippen molar-refractivity contribution in [2.45, 2.75) is 25.9 Å². The van der Waals surface area contributed by atoms with E-state index in [1.54, 1.807) is 0 Å². The summed E-state index contributed by atoms with van der Waals surface area (Å²) in [6.45, 7) is 8.02. The van der Waals surface area contributed by atoms with Gasteiger partial charge in [-0.15, -0.1) is 0 Å². The van der Waals surface area contributed by atoms with Gasteiger partial charge in [0.05, 0.1) is 13.5 Å². The molecule has 3 aliphatic heterocycles. The maximum atomic E-state index is 16.3. The number of nitrogens with zero attached hydrogens (tertiary/aromatic N) is 2. The SMILES string of the molecule is COC(=O)c1c(F)c(F)c(C(=O)O)c(C2=C3C=CC(=[N+]4CCC4)C=C3[Si](C)(C)c3cc(N4CCC4)ccc32)c1F. The van der Waals surface area contributed by atoms with Gasteiger partial charge in [-0.05, 0) is 51.7 Å². The molecule has 2 fully saturated rings. The van der Waals surface area contributed by atoms with Crippen LogP contribution in [0, 0.1) is 17.5 Å². The first-order chi connectivity index (χ1) is 19.1. The van der Waals surface area contributed by atoms with E-state index in [0.717, 1.165) is 67.9 Å². The number of ether oxygens (including phenoxy) is 1. The Hall–Kier alpha value is -3.92. The molecule has 2 aromatic carbocycles. The number of hydrogen-bond donors (Lipinski definition) is 1. The van der Waals surface area contributed by atoms with Gasteiger partial charge in [0.1, 0.15) is 38.1 Å². The molecule has 0 atom stereocenters. The van der Waals surface area contributed by atoms with E-state index in [0.29, 0.717) is 11.1 Å². The third-order valence-electron chi connectivity index (χ3n) is 8.51. The number of aromatic carboxylic acids is 1. The Bertz CT molecular complexity index is 1640. The summed E-state index contributed by atoms with van der Waals surface area (Å²) < 4.78 is 53.4. The van der Waals surface area contributed by atoms with Crippen LogP contribution in [0.2, 0.25) is 13.1 Å². The summed E-state index contributed by atoms with van der Waals surface area (Å²) in [5.74, 6) is -8.43. The summed E-state index contributed by atoms with van der Waals surface area (Å²) in [5.41, 5.74) is 0.162. The average molecular weight is 566 g/mol. The van der Waals surface area contributed by atoms with Gasteiger partial charge in [0.15, 0.2) is 17.3 Å². The van der Waals surface area contributed by atoms with Gasteiger partial charge in [0.2, 0.25) is 0 Å². The van der Waals surface area contributed by atoms with Crippen LogP contribution in [-0.2, 0) is 4.74 Å². The maximum absolute atomic E-state index is 16.3. The van der Waals surface area contributed by atoms with Crippen LogP contribution in [0.15, 0.2) is 47.2 Å². The molecule has 1 N–H and O–H groups in total. The van der Waals surface area contributed by atoms with E-state index < -0.39 is 54.2 Å². The molecule has 4 aliphatic rings. The van der Waals surface area contributed by atoms with Gasteiger partial charge in [-0.25, -0.2) is 27.3 Å². The summed E-state index contributed by atoms with van der Waals surface area (Å²) in [6, 6.07) is 5.77. The number of carboxylic acid groups (broad SMARTS) is 1. The number of anilines is 1. The Morgan fingerprint density at radius 1 is 1.00 bits per heavy atom. The van der Waals surface area contributed by atoms with Crippen molar-refractivity contribution in [1.82, 2.24) is 0 Å². The maximum Gasteiger partial charge on any atom is 0.344 e. The fourth-order valence-electron chi connectivity index (χ4n) is 6.01. The highest BCUT2D eigenvalue weighted by atomic mass is 28.3. The third-order valence-corrected chi connectivity index (χ3v) is 12.0. The van der Waals surface area contributed by atoms with E-state index in [1.807, 2.05) is 24.3 Å². The van der Waals surface area contributed by atoms with Crippen molar-refractivity contribution in [2.24, 2.45) is 0 Å². The summed E-state index contributed by atoms with van der Waals surface area (Å²) >= 11 is 0. The smallest absolute Gasteiger partial charge is 0.344 e. The Morgan fingerprint density at radius 3 is 2.27 bits per heavy atom. The van der Waals surface area contributed by atoms with Gasteiger partial charge < -0.3 is 14.7 Å². The van der Waals surface area contributed by atoms with E-state index in [2.05, 4.69) is 39.4 Å². The van der Waals surface area contributed by atoms with Crippen molar-refractivity contribution in [2.75, 3.05) is 38.2 Å². The molecule has 2 saturated heterocycles. The zero-order chi connectivity index (χ0) is 28.5. The number of halogens is 3. The van der Waals surface area contributed by atoms with Gasteiger partial charge in [0, 0.05) is 36.5 Å². The van der Waals surface area contributed by atoms with Crippen LogP contribution in [-0.4, -0.2) is 68.7 Å². The minimum Gasteiger partial charge on any atom is -0.478 e. The number of methoxy groups -OCH3 is 1. The number of esters is 1. The number of hydrogen-bond acceptors (Lipinski definition) is 4. The second-order valence-electron chi connectivity index (χ2n) is 11.0. The number of benzene rings is 2. The van der Waals surface area contributed by atoms with Gasteiger partial charge in [-0.2, -0.15) is 0 Å². The highest BCUT2D eigenvalue weighted by Gasteiger charge is 2.44. The highest BCUT2D eigenvalue weighted by Crippen LogP contribution is 2.45. The van der Waals surface area contributed by atoms with E-state index >= 15 is 8.78 Å². The van der Waals surface area contributed by atoms with E-state index in [-0.39, 0.29) is 5.57 Å². The van der Waals surface area contributed by atoms with Gasteiger partial charge >= 0.3 is 11.9 Å². The lowest BCUT2D eigenvalue weighted by molar-refractivity contribution is -0.582. The van der Waals surface area contributed by atoms with Crippen LogP contribution in [0.1, 0.15) is 44.7 Å². The van der Waals surface area contributed by atoms with Gasteiger partial charge in [-0.3, -0.25) is 0 Å². The lowest BCUT2D eigenvalue weighted by Gasteiger charge is -2.40. The lowest BCUT2D eigenvalue weighted by atomic mass is 9.85. The molecule has 0 unspecified atom stereocenters. The number of rotatable bonds is 4. The van der Waals surface area contributed by atoms with Crippen LogP contribution in [0.4, 0.5) is 18.9 Å². The molecule has 6 rings (SSSR count). The predicted molar refractivity (Wildman–Crippen MR) is 148 cm³/mol. The van der Waals surface area contributed by atoms with Crippen molar-refractivity contribution in [1.29, 1.82) is 0 Å². The Morgan fingerprint density at radius 2 is 1.70 bits per heavy atom. The topological polar surface area (TPSA) is 69.9 Å². The second-order valence-corrected chi connectivity index (χ2v) is 15.3. The predicted octanol–water partition coefficient (Wildman–Crippen LogP) is 4.42. The van der Waals surface area contributed by atoms with Crippen molar-refractivity contribution in [3.05, 3.63) is 86.9 Å². The molecule has 206 valence electrons. The molecule has 0 radical (unpaired) electrons. The molecule has 2 aromatic rings. The number of fused-ring (bicyclic) bond motifs is 2. The van der Waals surface area contributed by atoms with Crippen molar-refractivity contribution in [3.63, 3.8) is 0 Å². The van der Waals surface area contributed by atoms with Crippen LogP contribution in [0.5, 0.6) is 0 Å². The molecule has 40 heavy (non-hydrogen) atoms. The van der Waals surface area contributed by atoms with E-state index in [9.17, 15) is 19.1 Å². The largest absolute Gasteiger partial charge is 0.478 e. The van der Waals surface area contributed by atoms with Crippen LogP contribution in [0.25, 0.3) is 5.57 Å². The zero-order valence-electron chi connectivity index (χ0n) is 22.4. The fraction of sp³-hybridized carbons (Fsp3) is 0.300. The lowest BCUT2D eigenvalue weighted by Crippen LogP contribution is -2.50. The quantitative estimate of drug-likeness (QED) is 0.257. The average Bonchev–Trinajstić information content (AvgIpc) is 2.85. The molecular formula is C30H28F3N2O4Si+. The molecule has 6 nitrogen and oxygen atoms in total. The van der Waals surface area contributed by atoms with E-state index in [4.69, 9.17) is 0 Å². The standard InChI is InChI=1S/C30H27F3N2O4Si/c1-39-30(38)25-26(31)23(24(29(36)37)27(32)28(25)33)22-18-8-6-16(34-10-4-11-34)14-20(18)40(2,3)21-15-17(7-9-19(21)22)35-12-5-13-35/h6-9,14-15H,4-5,10-13H2,1-3H3/p+1. The van der Waals surface area contributed by atoms with Gasteiger partial charge in [0.25, 0.3) is 0 Å². The molecule has 0 amide bonds. The van der Waals surface area contributed by atoms with Crippen molar-refractivity contribution < 1.29 is 37.2 Å². The van der Waals surface area contributed by atoms with Crippen molar-refractivity contribution in [3.8, 4) is 0 Å². The zero-order valence-corrected chi connectivity index (χ0v) is 23.4. The summed E-state index contributed by atoms with van der Waals surface area (Å²) in [5, 5.41) is 11.9. The summed E-state index contributed by atoms with van der Waals surface area (Å²) in [7, 11) is -1.55. The Balaban J connectivity index is 1.73. The molecule has 0 aromatic heterocycles. The first-order valence-electron chi connectivity index (χ1n) is 13.2. The number of carbonyl (C=O) groups is 2. The summed E-state index contributed by atoms with van der Waals surface area (Å²) in [6.07, 6.45) is 7.93. The van der Waals surface area contributed by atoms with Gasteiger partial charge in [-0.1, -0.05) is 19.2 Å². The Kier molecular flexibility index (Phi) is 6.14. The van der Waals surface area contributed by atoms with Crippen LogP contribution >= 0.6 is 0 Å². The number of carboxylic acids is 1. The highest BCUT2D eigenvalue weighted by molar-refractivity contribution is 6.98. The second kappa shape index (κ2) is 9.33. The molecule has 0 bridgehead atoms. The molecular weight excluding hydrogens is 537 g/mol. The molecule has 0 saturated carbocycles.